The van der Waals surface area contributed by atoms with E-state index in [1.165, 1.54) is 55.7 Å². The largest absolute Gasteiger partial charge is 0.369 e. The van der Waals surface area contributed by atoms with Crippen molar-refractivity contribution in [3.05, 3.63) is 28.3 Å². The molecule has 2 heterocycles. The van der Waals surface area contributed by atoms with Crippen molar-refractivity contribution in [3.8, 4) is 0 Å². The number of aryl methyl sites for hydroxylation is 1. The summed E-state index contributed by atoms with van der Waals surface area (Å²) in [7, 11) is 0. The van der Waals surface area contributed by atoms with Gasteiger partial charge in [0.05, 0.1) is 0 Å². The smallest absolute Gasteiger partial charge is 0.0429 e. The molecular formula is C18H30Cl3N3. The second-order valence-corrected chi connectivity index (χ2v) is 7.03. The number of nitrogens with zero attached hydrogens (tertiary/aromatic N) is 2. The van der Waals surface area contributed by atoms with Gasteiger partial charge in [-0.1, -0.05) is 11.6 Å². The summed E-state index contributed by atoms with van der Waals surface area (Å²) in [6.45, 7) is 10.4. The van der Waals surface area contributed by atoms with Crippen LogP contribution in [0.2, 0.25) is 5.02 Å². The van der Waals surface area contributed by atoms with Gasteiger partial charge >= 0.3 is 0 Å². The van der Waals surface area contributed by atoms with Gasteiger partial charge < -0.3 is 15.1 Å². The Labute approximate surface area is 163 Å². The van der Waals surface area contributed by atoms with E-state index in [0.29, 0.717) is 0 Å². The lowest BCUT2D eigenvalue weighted by molar-refractivity contribution is 0.334. The molecule has 3 nitrogen and oxygen atoms in total. The average molecular weight is 395 g/mol. The zero-order valence-corrected chi connectivity index (χ0v) is 16.9. The molecule has 6 heteroatoms. The highest BCUT2D eigenvalue weighted by Crippen LogP contribution is 2.29. The van der Waals surface area contributed by atoms with Crippen molar-refractivity contribution in [3.63, 3.8) is 0 Å². The van der Waals surface area contributed by atoms with Crippen molar-refractivity contribution in [2.24, 2.45) is 0 Å². The number of piperazine rings is 1. The van der Waals surface area contributed by atoms with Crippen molar-refractivity contribution < 1.29 is 0 Å². The van der Waals surface area contributed by atoms with Crippen molar-refractivity contribution in [2.45, 2.75) is 32.6 Å². The summed E-state index contributed by atoms with van der Waals surface area (Å²) in [5.74, 6) is 0. The molecule has 0 spiro atoms. The molecule has 0 aliphatic carbocycles. The molecule has 0 unspecified atom stereocenters. The summed E-state index contributed by atoms with van der Waals surface area (Å²) < 4.78 is 0. The van der Waals surface area contributed by atoms with Gasteiger partial charge in [0.15, 0.2) is 0 Å². The van der Waals surface area contributed by atoms with Crippen LogP contribution in [0.1, 0.15) is 30.4 Å². The van der Waals surface area contributed by atoms with E-state index in [2.05, 4.69) is 34.2 Å². The SMILES string of the molecule is Cc1c(CCCN2CCCC2)cc(Cl)cc1N1CCNCC1.Cl.Cl. The summed E-state index contributed by atoms with van der Waals surface area (Å²) in [5.41, 5.74) is 4.19. The standard InChI is InChI=1S/C18H28ClN3.2ClH/c1-15-16(5-4-10-21-8-2-3-9-21)13-17(19)14-18(15)22-11-6-20-7-12-22;;/h13-14,20H,2-12H2,1H3;2*1H. The normalized spacial score (nSPS) is 18.2. The van der Waals surface area contributed by atoms with Gasteiger partial charge in [-0.15, -0.1) is 24.8 Å². The van der Waals surface area contributed by atoms with E-state index in [4.69, 9.17) is 11.6 Å². The molecule has 2 fully saturated rings. The summed E-state index contributed by atoms with van der Waals surface area (Å²) in [5, 5.41) is 4.30. The first-order valence-corrected chi connectivity index (χ1v) is 9.09. The van der Waals surface area contributed by atoms with Crippen LogP contribution in [0.4, 0.5) is 5.69 Å². The molecule has 138 valence electrons. The Balaban J connectivity index is 0.00000144. The molecule has 0 saturated carbocycles. The predicted molar refractivity (Wildman–Crippen MR) is 110 cm³/mol. The minimum absolute atomic E-state index is 0. The van der Waals surface area contributed by atoms with Gasteiger partial charge in [-0.25, -0.2) is 0 Å². The van der Waals surface area contributed by atoms with E-state index in [1.807, 2.05) is 0 Å². The summed E-state index contributed by atoms with van der Waals surface area (Å²) in [6.07, 6.45) is 5.14. The zero-order chi connectivity index (χ0) is 15.4. The Kier molecular flexibility index (Phi) is 9.76. The van der Waals surface area contributed by atoms with Gasteiger partial charge in [0.1, 0.15) is 0 Å². The molecule has 0 atom stereocenters. The van der Waals surface area contributed by atoms with E-state index < -0.39 is 0 Å². The number of hydrogen-bond acceptors (Lipinski definition) is 3. The van der Waals surface area contributed by atoms with Gasteiger partial charge in [0.2, 0.25) is 0 Å². The van der Waals surface area contributed by atoms with Crippen molar-refractivity contribution in [2.75, 3.05) is 50.7 Å². The summed E-state index contributed by atoms with van der Waals surface area (Å²) in [6, 6.07) is 4.32. The fraction of sp³-hybridized carbons (Fsp3) is 0.667. The van der Waals surface area contributed by atoms with Crippen LogP contribution in [0.5, 0.6) is 0 Å². The average Bonchev–Trinajstić information content (AvgIpc) is 3.04. The number of anilines is 1. The van der Waals surface area contributed by atoms with Gasteiger partial charge in [0, 0.05) is 36.9 Å². The Morgan fingerprint density at radius 2 is 1.71 bits per heavy atom. The Bertz CT molecular complexity index is 499. The van der Waals surface area contributed by atoms with Crippen LogP contribution in [-0.2, 0) is 6.42 Å². The molecule has 1 aromatic carbocycles. The third-order valence-electron chi connectivity index (χ3n) is 5.03. The number of rotatable bonds is 5. The van der Waals surface area contributed by atoms with Gasteiger partial charge in [-0.05, 0) is 75.5 Å². The number of likely N-dealkylation sites (tertiary alicyclic amines) is 1. The highest BCUT2D eigenvalue weighted by Gasteiger charge is 2.16. The van der Waals surface area contributed by atoms with Crippen LogP contribution in [0.25, 0.3) is 0 Å². The fourth-order valence-electron chi connectivity index (χ4n) is 3.71. The second kappa shape index (κ2) is 10.7. The van der Waals surface area contributed by atoms with Gasteiger partial charge in [-0.3, -0.25) is 0 Å². The highest BCUT2D eigenvalue weighted by molar-refractivity contribution is 6.31. The molecule has 2 aliphatic rings. The van der Waals surface area contributed by atoms with Crippen LogP contribution in [0.15, 0.2) is 12.1 Å². The highest BCUT2D eigenvalue weighted by atomic mass is 35.5. The van der Waals surface area contributed by atoms with E-state index in [0.717, 1.165) is 37.6 Å². The van der Waals surface area contributed by atoms with E-state index >= 15 is 0 Å². The quantitative estimate of drug-likeness (QED) is 0.816. The summed E-state index contributed by atoms with van der Waals surface area (Å²) >= 11 is 6.39. The molecule has 1 N–H and O–H groups in total. The molecule has 0 bridgehead atoms. The minimum atomic E-state index is 0. The first-order valence-electron chi connectivity index (χ1n) is 8.71. The Hall–Kier alpha value is -0.190. The first-order chi connectivity index (χ1) is 10.7. The molecule has 0 amide bonds. The minimum Gasteiger partial charge on any atom is -0.369 e. The Morgan fingerprint density at radius 1 is 1.04 bits per heavy atom. The van der Waals surface area contributed by atoms with Gasteiger partial charge in [-0.2, -0.15) is 0 Å². The van der Waals surface area contributed by atoms with Crippen molar-refractivity contribution in [1.82, 2.24) is 10.2 Å². The monoisotopic (exact) mass is 393 g/mol. The molecule has 24 heavy (non-hydrogen) atoms. The first kappa shape index (κ1) is 21.9. The zero-order valence-electron chi connectivity index (χ0n) is 14.5. The van der Waals surface area contributed by atoms with Crippen LogP contribution in [0.3, 0.4) is 0 Å². The number of benzene rings is 1. The molecular weight excluding hydrogens is 365 g/mol. The second-order valence-electron chi connectivity index (χ2n) is 6.60. The third-order valence-corrected chi connectivity index (χ3v) is 5.25. The maximum Gasteiger partial charge on any atom is 0.0429 e. The maximum absolute atomic E-state index is 6.39. The number of halogens is 3. The lowest BCUT2D eigenvalue weighted by Gasteiger charge is -2.31. The van der Waals surface area contributed by atoms with Crippen molar-refractivity contribution >= 4 is 42.1 Å². The van der Waals surface area contributed by atoms with E-state index in [-0.39, 0.29) is 24.8 Å². The van der Waals surface area contributed by atoms with E-state index in [1.54, 1.807) is 0 Å². The van der Waals surface area contributed by atoms with Crippen LogP contribution >= 0.6 is 36.4 Å². The fourth-order valence-corrected chi connectivity index (χ4v) is 3.95. The molecule has 1 aromatic rings. The lowest BCUT2D eigenvalue weighted by Crippen LogP contribution is -2.43. The van der Waals surface area contributed by atoms with E-state index in [9.17, 15) is 0 Å². The van der Waals surface area contributed by atoms with Crippen LogP contribution in [0, 0.1) is 6.92 Å². The number of nitrogens with one attached hydrogen (secondary N) is 1. The molecule has 2 aliphatic heterocycles. The number of hydrogen-bond donors (Lipinski definition) is 1. The lowest BCUT2D eigenvalue weighted by atomic mass is 10.0. The predicted octanol–water partition coefficient (Wildman–Crippen LogP) is 3.93. The molecule has 0 radical (unpaired) electrons. The maximum atomic E-state index is 6.39. The Morgan fingerprint density at radius 3 is 2.38 bits per heavy atom. The molecule has 0 aromatic heterocycles. The van der Waals surface area contributed by atoms with Gasteiger partial charge in [0.25, 0.3) is 0 Å². The summed E-state index contributed by atoms with van der Waals surface area (Å²) in [4.78, 5) is 5.07. The molecule has 2 saturated heterocycles. The molecule has 3 rings (SSSR count). The van der Waals surface area contributed by atoms with Crippen LogP contribution in [-0.4, -0.2) is 50.7 Å². The van der Waals surface area contributed by atoms with Crippen molar-refractivity contribution in [1.29, 1.82) is 0 Å². The van der Waals surface area contributed by atoms with Crippen LogP contribution < -0.4 is 10.2 Å². The third kappa shape index (κ3) is 5.67. The topological polar surface area (TPSA) is 18.5 Å².